The van der Waals surface area contributed by atoms with Gasteiger partial charge < -0.3 is 14.8 Å². The van der Waals surface area contributed by atoms with Crippen molar-refractivity contribution in [2.45, 2.75) is 26.3 Å². The van der Waals surface area contributed by atoms with Crippen LogP contribution in [0.5, 0.6) is 0 Å². The van der Waals surface area contributed by atoms with E-state index < -0.39 is 17.9 Å². The van der Waals surface area contributed by atoms with Crippen molar-refractivity contribution in [3.8, 4) is 0 Å². The summed E-state index contributed by atoms with van der Waals surface area (Å²) in [5.74, 6) is -1.68. The van der Waals surface area contributed by atoms with Gasteiger partial charge in [-0.25, -0.2) is 9.78 Å². The lowest BCUT2D eigenvalue weighted by atomic mass is 10.0. The van der Waals surface area contributed by atoms with Crippen molar-refractivity contribution in [3.05, 3.63) is 34.2 Å². The topological polar surface area (TPSA) is 83.7 Å². The van der Waals surface area contributed by atoms with Crippen LogP contribution in [0, 0.1) is 5.92 Å². The van der Waals surface area contributed by atoms with E-state index in [0.29, 0.717) is 21.4 Å². The molecule has 0 aliphatic carbocycles. The number of carboxylic acids is 1. The highest BCUT2D eigenvalue weighted by molar-refractivity contribution is 6.36. The Labute approximate surface area is 137 Å². The summed E-state index contributed by atoms with van der Waals surface area (Å²) in [6, 6.07) is 0.636. The molecule has 0 aliphatic rings. The SMILES string of the molecule is CC(C)[C@@H](NC(=O)Cc1cn2cc(Cl)cc(Cl)c2n1)C(=O)O. The second-order valence-electron chi connectivity index (χ2n) is 5.27. The van der Waals surface area contributed by atoms with Gasteiger partial charge >= 0.3 is 5.97 Å². The molecule has 2 N–H and O–H groups in total. The zero-order valence-corrected chi connectivity index (χ0v) is 13.5. The third-order valence-corrected chi connectivity index (χ3v) is 3.60. The molecule has 2 aromatic rings. The van der Waals surface area contributed by atoms with E-state index in [4.69, 9.17) is 28.3 Å². The molecule has 2 rings (SSSR count). The summed E-state index contributed by atoms with van der Waals surface area (Å²) in [5, 5.41) is 12.4. The minimum absolute atomic E-state index is 0.0356. The molecule has 0 spiro atoms. The molecule has 2 heterocycles. The van der Waals surface area contributed by atoms with Gasteiger partial charge in [-0.05, 0) is 12.0 Å². The molecule has 0 unspecified atom stereocenters. The normalized spacial score (nSPS) is 12.6. The number of rotatable bonds is 5. The fourth-order valence-corrected chi connectivity index (χ4v) is 2.59. The number of nitrogens with one attached hydrogen (secondary N) is 1. The van der Waals surface area contributed by atoms with Gasteiger partial charge in [-0.15, -0.1) is 0 Å². The Morgan fingerprint density at radius 2 is 2.05 bits per heavy atom. The Morgan fingerprint density at radius 1 is 1.36 bits per heavy atom. The molecule has 22 heavy (non-hydrogen) atoms. The molecule has 0 fully saturated rings. The number of aliphatic carboxylic acids is 1. The van der Waals surface area contributed by atoms with Crippen LogP contribution < -0.4 is 5.32 Å². The van der Waals surface area contributed by atoms with E-state index in [1.165, 1.54) is 0 Å². The molecule has 0 aliphatic heterocycles. The maximum atomic E-state index is 12.0. The fourth-order valence-electron chi connectivity index (χ4n) is 2.06. The molecule has 0 bridgehead atoms. The van der Waals surface area contributed by atoms with Crippen molar-refractivity contribution >= 4 is 40.7 Å². The zero-order valence-electron chi connectivity index (χ0n) is 12.0. The number of imidazole rings is 1. The molecule has 0 aromatic carbocycles. The van der Waals surface area contributed by atoms with E-state index in [0.717, 1.165) is 0 Å². The van der Waals surface area contributed by atoms with Crippen LogP contribution in [0.3, 0.4) is 0 Å². The lowest BCUT2D eigenvalue weighted by Gasteiger charge is -2.17. The van der Waals surface area contributed by atoms with Crippen LogP contribution in [0.4, 0.5) is 0 Å². The first-order valence-electron chi connectivity index (χ1n) is 6.62. The van der Waals surface area contributed by atoms with Crippen LogP contribution >= 0.6 is 23.2 Å². The third kappa shape index (κ3) is 3.69. The maximum absolute atomic E-state index is 12.0. The van der Waals surface area contributed by atoms with E-state index in [1.54, 1.807) is 36.7 Å². The first-order valence-corrected chi connectivity index (χ1v) is 7.38. The van der Waals surface area contributed by atoms with Crippen LogP contribution in [-0.4, -0.2) is 32.4 Å². The van der Waals surface area contributed by atoms with Gasteiger partial charge in [0.2, 0.25) is 5.91 Å². The van der Waals surface area contributed by atoms with Crippen molar-refractivity contribution in [1.29, 1.82) is 0 Å². The smallest absolute Gasteiger partial charge is 0.326 e. The van der Waals surface area contributed by atoms with Crippen LogP contribution in [-0.2, 0) is 16.0 Å². The summed E-state index contributed by atoms with van der Waals surface area (Å²) >= 11 is 11.9. The number of hydrogen-bond donors (Lipinski definition) is 2. The second kappa shape index (κ2) is 6.54. The van der Waals surface area contributed by atoms with Crippen LogP contribution in [0.2, 0.25) is 10.0 Å². The summed E-state index contributed by atoms with van der Waals surface area (Å²) in [5.41, 5.74) is 0.974. The lowest BCUT2D eigenvalue weighted by molar-refractivity contribution is -0.143. The zero-order chi connectivity index (χ0) is 16.4. The third-order valence-electron chi connectivity index (χ3n) is 3.11. The first kappa shape index (κ1) is 16.6. The molecule has 118 valence electrons. The lowest BCUT2D eigenvalue weighted by Crippen LogP contribution is -2.44. The monoisotopic (exact) mass is 343 g/mol. The van der Waals surface area contributed by atoms with E-state index in [9.17, 15) is 9.59 Å². The molecule has 1 amide bonds. The van der Waals surface area contributed by atoms with Crippen molar-refractivity contribution in [2.75, 3.05) is 0 Å². The number of hydrogen-bond acceptors (Lipinski definition) is 3. The number of fused-ring (bicyclic) bond motifs is 1. The van der Waals surface area contributed by atoms with Crippen molar-refractivity contribution in [3.63, 3.8) is 0 Å². The summed E-state index contributed by atoms with van der Waals surface area (Å²) < 4.78 is 1.63. The van der Waals surface area contributed by atoms with Gasteiger partial charge in [0.15, 0.2) is 5.65 Å². The Kier molecular flexibility index (Phi) is 4.93. The van der Waals surface area contributed by atoms with E-state index in [2.05, 4.69) is 10.3 Å². The molecular weight excluding hydrogens is 329 g/mol. The highest BCUT2D eigenvalue weighted by atomic mass is 35.5. The van der Waals surface area contributed by atoms with Crippen molar-refractivity contribution < 1.29 is 14.7 Å². The maximum Gasteiger partial charge on any atom is 0.326 e. The number of pyridine rings is 1. The quantitative estimate of drug-likeness (QED) is 0.873. The van der Waals surface area contributed by atoms with Gasteiger partial charge in [0.05, 0.1) is 22.2 Å². The molecule has 2 aromatic heterocycles. The average Bonchev–Trinajstić information content (AvgIpc) is 2.77. The number of halogens is 2. The number of amides is 1. The van der Waals surface area contributed by atoms with Gasteiger partial charge in [0.25, 0.3) is 0 Å². The largest absolute Gasteiger partial charge is 0.480 e. The van der Waals surface area contributed by atoms with E-state index >= 15 is 0 Å². The van der Waals surface area contributed by atoms with Crippen molar-refractivity contribution in [1.82, 2.24) is 14.7 Å². The molecular formula is C14H15Cl2N3O3. The Morgan fingerprint density at radius 3 is 2.64 bits per heavy atom. The summed E-state index contributed by atoms with van der Waals surface area (Å²) in [6.07, 6.45) is 3.23. The minimum Gasteiger partial charge on any atom is -0.480 e. The Bertz CT molecular complexity index is 727. The molecule has 0 saturated heterocycles. The van der Waals surface area contributed by atoms with Crippen LogP contribution in [0.1, 0.15) is 19.5 Å². The molecule has 6 nitrogen and oxygen atoms in total. The van der Waals surface area contributed by atoms with Gasteiger partial charge in [-0.1, -0.05) is 37.0 Å². The predicted octanol–water partition coefficient (Wildman–Crippen LogP) is 2.41. The van der Waals surface area contributed by atoms with Crippen LogP contribution in [0.15, 0.2) is 18.5 Å². The van der Waals surface area contributed by atoms with Gasteiger partial charge in [0, 0.05) is 12.4 Å². The van der Waals surface area contributed by atoms with E-state index in [1.807, 2.05) is 0 Å². The minimum atomic E-state index is -1.06. The summed E-state index contributed by atoms with van der Waals surface area (Å²) in [4.78, 5) is 27.3. The predicted molar refractivity (Wildman–Crippen MR) is 83.3 cm³/mol. The highest BCUT2D eigenvalue weighted by Crippen LogP contribution is 2.21. The standard InChI is InChI=1S/C14H15Cl2N3O3/c1-7(2)12(14(21)22)18-11(20)4-9-6-19-5-8(15)3-10(16)13(19)17-9/h3,5-7,12H,4H2,1-2H3,(H,18,20)(H,21,22)/t12-/m1/s1. The summed E-state index contributed by atoms with van der Waals surface area (Å²) in [7, 11) is 0. The number of aromatic nitrogens is 2. The van der Waals surface area contributed by atoms with E-state index in [-0.39, 0.29) is 12.3 Å². The number of carboxylic acid groups (broad SMARTS) is 1. The van der Waals surface area contributed by atoms with Gasteiger partial charge in [-0.3, -0.25) is 4.79 Å². The summed E-state index contributed by atoms with van der Waals surface area (Å²) in [6.45, 7) is 3.46. The highest BCUT2D eigenvalue weighted by Gasteiger charge is 2.23. The average molecular weight is 344 g/mol. The number of carbonyl (C=O) groups is 2. The Balaban J connectivity index is 2.15. The molecule has 0 radical (unpaired) electrons. The number of nitrogens with zero attached hydrogens (tertiary/aromatic N) is 2. The van der Waals surface area contributed by atoms with Crippen molar-refractivity contribution in [2.24, 2.45) is 5.92 Å². The fraction of sp³-hybridized carbons (Fsp3) is 0.357. The molecule has 0 saturated carbocycles. The van der Waals surface area contributed by atoms with Crippen LogP contribution in [0.25, 0.3) is 5.65 Å². The Hall–Kier alpha value is -1.79. The molecule has 1 atom stereocenters. The first-order chi connectivity index (χ1) is 10.3. The van der Waals surface area contributed by atoms with Gasteiger partial charge in [-0.2, -0.15) is 0 Å². The number of carbonyl (C=O) groups excluding carboxylic acids is 1. The molecule has 8 heteroatoms. The second-order valence-corrected chi connectivity index (χ2v) is 6.12. The van der Waals surface area contributed by atoms with Gasteiger partial charge in [0.1, 0.15) is 6.04 Å².